The summed E-state index contributed by atoms with van der Waals surface area (Å²) in [6.07, 6.45) is 7.05. The lowest BCUT2D eigenvalue weighted by molar-refractivity contribution is -0.122. The molecule has 18 heavy (non-hydrogen) atoms. The summed E-state index contributed by atoms with van der Waals surface area (Å²) in [6.45, 7) is 1.15. The van der Waals surface area contributed by atoms with Crippen molar-refractivity contribution in [1.29, 1.82) is 0 Å². The minimum absolute atomic E-state index is 0.0108. The van der Waals surface area contributed by atoms with Crippen molar-refractivity contribution in [2.45, 2.75) is 32.0 Å². The molecule has 94 valence electrons. The lowest BCUT2D eigenvalue weighted by Gasteiger charge is -2.24. The molecular formula is C12H15N5O. The Morgan fingerprint density at radius 1 is 1.44 bits per heavy atom. The quantitative estimate of drug-likeness (QED) is 0.840. The molecule has 1 atom stereocenters. The maximum atomic E-state index is 11.8. The Kier molecular flexibility index (Phi) is 2.84. The molecule has 0 aliphatic carbocycles. The van der Waals surface area contributed by atoms with E-state index in [0.717, 1.165) is 19.4 Å². The Labute approximate surface area is 105 Å². The second-order valence-corrected chi connectivity index (χ2v) is 4.51. The highest BCUT2D eigenvalue weighted by Gasteiger charge is 2.20. The van der Waals surface area contributed by atoms with Gasteiger partial charge in [-0.3, -0.25) is 14.2 Å². The first-order chi connectivity index (χ1) is 8.81. The topological polar surface area (TPSA) is 64.7 Å². The SMILES string of the molecule is O=C(Cn1cccn1)N[C@@H]1CCn2nccc2C1. The fraction of sp³-hybridized carbons (Fsp3) is 0.417. The van der Waals surface area contributed by atoms with Gasteiger partial charge >= 0.3 is 0 Å². The molecule has 1 N–H and O–H groups in total. The third kappa shape index (κ3) is 2.27. The van der Waals surface area contributed by atoms with E-state index in [2.05, 4.69) is 15.5 Å². The lowest BCUT2D eigenvalue weighted by Crippen LogP contribution is -2.41. The van der Waals surface area contributed by atoms with Gasteiger partial charge in [-0.2, -0.15) is 10.2 Å². The monoisotopic (exact) mass is 245 g/mol. The van der Waals surface area contributed by atoms with Crippen LogP contribution in [0.3, 0.4) is 0 Å². The molecule has 3 rings (SSSR count). The Morgan fingerprint density at radius 2 is 2.39 bits per heavy atom. The number of aryl methyl sites for hydroxylation is 1. The number of nitrogens with zero attached hydrogens (tertiary/aromatic N) is 4. The van der Waals surface area contributed by atoms with Crippen LogP contribution in [0.25, 0.3) is 0 Å². The number of rotatable bonds is 3. The summed E-state index contributed by atoms with van der Waals surface area (Å²) in [7, 11) is 0. The minimum atomic E-state index is 0.0108. The first kappa shape index (κ1) is 11.0. The van der Waals surface area contributed by atoms with Crippen LogP contribution in [0.2, 0.25) is 0 Å². The van der Waals surface area contributed by atoms with Crippen molar-refractivity contribution in [2.24, 2.45) is 0 Å². The number of carbonyl (C=O) groups excluding carboxylic acids is 1. The zero-order valence-electron chi connectivity index (χ0n) is 9.99. The third-order valence-corrected chi connectivity index (χ3v) is 3.18. The van der Waals surface area contributed by atoms with Gasteiger partial charge in [-0.25, -0.2) is 0 Å². The summed E-state index contributed by atoms with van der Waals surface area (Å²) < 4.78 is 3.62. The second-order valence-electron chi connectivity index (χ2n) is 4.51. The molecule has 0 bridgehead atoms. The van der Waals surface area contributed by atoms with E-state index in [1.54, 1.807) is 17.1 Å². The van der Waals surface area contributed by atoms with Crippen LogP contribution in [0.15, 0.2) is 30.7 Å². The largest absolute Gasteiger partial charge is 0.351 e. The molecule has 1 aliphatic heterocycles. The van der Waals surface area contributed by atoms with Gasteiger partial charge in [0, 0.05) is 43.3 Å². The molecule has 1 aliphatic rings. The first-order valence-corrected chi connectivity index (χ1v) is 6.09. The predicted octanol–water partition coefficient (Wildman–Crippen LogP) is 0.211. The Balaban J connectivity index is 1.56. The van der Waals surface area contributed by atoms with Crippen molar-refractivity contribution >= 4 is 5.91 Å². The van der Waals surface area contributed by atoms with E-state index >= 15 is 0 Å². The van der Waals surface area contributed by atoms with E-state index in [1.165, 1.54) is 5.69 Å². The van der Waals surface area contributed by atoms with E-state index in [4.69, 9.17) is 0 Å². The normalized spacial score (nSPS) is 18.3. The molecule has 0 saturated carbocycles. The van der Waals surface area contributed by atoms with E-state index in [-0.39, 0.29) is 18.5 Å². The van der Waals surface area contributed by atoms with Gasteiger partial charge in [-0.05, 0) is 18.6 Å². The summed E-state index contributed by atoms with van der Waals surface area (Å²) >= 11 is 0. The smallest absolute Gasteiger partial charge is 0.241 e. The van der Waals surface area contributed by atoms with Crippen molar-refractivity contribution in [3.8, 4) is 0 Å². The van der Waals surface area contributed by atoms with Gasteiger partial charge in [0.1, 0.15) is 6.54 Å². The van der Waals surface area contributed by atoms with Crippen LogP contribution in [0.1, 0.15) is 12.1 Å². The highest BCUT2D eigenvalue weighted by Crippen LogP contribution is 2.13. The fourth-order valence-electron chi connectivity index (χ4n) is 2.31. The summed E-state index contributed by atoms with van der Waals surface area (Å²) in [6, 6.07) is 4.02. The number of aromatic nitrogens is 4. The molecule has 6 heteroatoms. The Morgan fingerprint density at radius 3 is 3.22 bits per heavy atom. The van der Waals surface area contributed by atoms with Crippen LogP contribution in [0.4, 0.5) is 0 Å². The molecule has 6 nitrogen and oxygen atoms in total. The molecule has 2 aromatic heterocycles. The highest BCUT2D eigenvalue weighted by atomic mass is 16.2. The number of hydrogen-bond acceptors (Lipinski definition) is 3. The van der Waals surface area contributed by atoms with Gasteiger partial charge < -0.3 is 5.32 Å². The van der Waals surface area contributed by atoms with E-state index in [1.807, 2.05) is 23.0 Å². The van der Waals surface area contributed by atoms with Crippen LogP contribution >= 0.6 is 0 Å². The van der Waals surface area contributed by atoms with Gasteiger partial charge in [0.25, 0.3) is 0 Å². The van der Waals surface area contributed by atoms with Gasteiger partial charge in [-0.15, -0.1) is 0 Å². The molecule has 1 amide bonds. The van der Waals surface area contributed by atoms with Gasteiger partial charge in [0.15, 0.2) is 0 Å². The number of amides is 1. The van der Waals surface area contributed by atoms with Crippen LogP contribution in [0.5, 0.6) is 0 Å². The van der Waals surface area contributed by atoms with Gasteiger partial charge in [0.05, 0.1) is 0 Å². The van der Waals surface area contributed by atoms with E-state index in [0.29, 0.717) is 0 Å². The van der Waals surface area contributed by atoms with Crippen molar-refractivity contribution in [3.63, 3.8) is 0 Å². The molecule has 0 unspecified atom stereocenters. The third-order valence-electron chi connectivity index (χ3n) is 3.18. The van der Waals surface area contributed by atoms with Crippen LogP contribution in [-0.4, -0.2) is 31.5 Å². The van der Waals surface area contributed by atoms with Crippen molar-refractivity contribution < 1.29 is 4.79 Å². The van der Waals surface area contributed by atoms with Crippen molar-refractivity contribution in [3.05, 3.63) is 36.4 Å². The average molecular weight is 245 g/mol. The van der Waals surface area contributed by atoms with E-state index < -0.39 is 0 Å². The summed E-state index contributed by atoms with van der Waals surface area (Å²) in [4.78, 5) is 11.8. The standard InChI is InChI=1S/C12H15N5O/c18-12(9-16-6-1-4-13-16)15-10-3-7-17-11(8-10)2-5-14-17/h1-2,4-6,10H,3,7-9H2,(H,15,18)/t10-/m1/s1. The Hall–Kier alpha value is -2.11. The van der Waals surface area contributed by atoms with Crippen LogP contribution in [0, 0.1) is 0 Å². The molecule has 0 spiro atoms. The lowest BCUT2D eigenvalue weighted by atomic mass is 10.0. The minimum Gasteiger partial charge on any atom is -0.351 e. The first-order valence-electron chi connectivity index (χ1n) is 6.09. The number of nitrogens with one attached hydrogen (secondary N) is 1. The molecule has 3 heterocycles. The van der Waals surface area contributed by atoms with Crippen molar-refractivity contribution in [1.82, 2.24) is 24.9 Å². The molecular weight excluding hydrogens is 230 g/mol. The summed E-state index contributed by atoms with van der Waals surface area (Å²) in [5.74, 6) is 0.0108. The zero-order chi connectivity index (χ0) is 12.4. The van der Waals surface area contributed by atoms with Gasteiger partial charge in [0.2, 0.25) is 5.91 Å². The van der Waals surface area contributed by atoms with Gasteiger partial charge in [-0.1, -0.05) is 0 Å². The number of hydrogen-bond donors (Lipinski definition) is 1. The average Bonchev–Trinajstić information content (AvgIpc) is 2.98. The Bertz CT molecular complexity index is 530. The maximum Gasteiger partial charge on any atom is 0.241 e. The highest BCUT2D eigenvalue weighted by molar-refractivity contribution is 5.76. The van der Waals surface area contributed by atoms with Crippen LogP contribution < -0.4 is 5.32 Å². The number of fused-ring (bicyclic) bond motifs is 1. The zero-order valence-corrected chi connectivity index (χ0v) is 9.99. The molecule has 2 aromatic rings. The van der Waals surface area contributed by atoms with E-state index in [9.17, 15) is 4.79 Å². The summed E-state index contributed by atoms with van der Waals surface area (Å²) in [5, 5.41) is 11.3. The van der Waals surface area contributed by atoms with Crippen molar-refractivity contribution in [2.75, 3.05) is 0 Å². The maximum absolute atomic E-state index is 11.8. The second kappa shape index (κ2) is 4.64. The molecule has 0 fully saturated rings. The molecule has 0 saturated heterocycles. The molecule has 0 radical (unpaired) electrons. The number of carbonyl (C=O) groups is 1. The molecule has 0 aromatic carbocycles. The fourth-order valence-corrected chi connectivity index (χ4v) is 2.31. The van der Waals surface area contributed by atoms with Crippen LogP contribution in [-0.2, 0) is 24.3 Å². The summed E-state index contributed by atoms with van der Waals surface area (Å²) in [5.41, 5.74) is 1.19. The predicted molar refractivity (Wildman–Crippen MR) is 64.7 cm³/mol.